The van der Waals surface area contributed by atoms with Crippen molar-refractivity contribution in [3.8, 4) is 0 Å². The lowest BCUT2D eigenvalue weighted by molar-refractivity contribution is -0.120. The number of nitrogens with one attached hydrogen (secondary N) is 1. The van der Waals surface area contributed by atoms with Crippen LogP contribution in [0.2, 0.25) is 0 Å². The third kappa shape index (κ3) is 4.94. The second-order valence-corrected chi connectivity index (χ2v) is 7.37. The Morgan fingerprint density at radius 3 is 2.86 bits per heavy atom. The van der Waals surface area contributed by atoms with E-state index < -0.39 is 9.84 Å². The summed E-state index contributed by atoms with van der Waals surface area (Å²) in [6.07, 6.45) is 2.40. The molecule has 0 aliphatic heterocycles. The van der Waals surface area contributed by atoms with E-state index in [1.54, 1.807) is 11.3 Å². The number of carbonyl (C=O) groups excluding carboxylic acids is 1. The molecule has 9 heteroatoms. The third-order valence-corrected chi connectivity index (χ3v) is 4.25. The molecule has 0 spiro atoms. The summed E-state index contributed by atoms with van der Waals surface area (Å²) in [6, 6.07) is 3.82. The van der Waals surface area contributed by atoms with Crippen molar-refractivity contribution in [2.45, 2.75) is 24.5 Å². The molecule has 2 aromatic heterocycles. The van der Waals surface area contributed by atoms with Gasteiger partial charge in [-0.25, -0.2) is 8.42 Å². The van der Waals surface area contributed by atoms with Crippen LogP contribution in [0.5, 0.6) is 0 Å². The van der Waals surface area contributed by atoms with Gasteiger partial charge in [-0.05, 0) is 17.9 Å². The fraction of sp³-hybridized carbons (Fsp3) is 0.417. The minimum Gasteiger partial charge on any atom is -0.413 e. The number of sulfone groups is 1. The van der Waals surface area contributed by atoms with Crippen LogP contribution >= 0.6 is 11.3 Å². The molecule has 0 saturated heterocycles. The van der Waals surface area contributed by atoms with Crippen LogP contribution in [0.15, 0.2) is 27.2 Å². The van der Waals surface area contributed by atoms with Gasteiger partial charge in [0.1, 0.15) is 0 Å². The van der Waals surface area contributed by atoms with Gasteiger partial charge in [0.2, 0.25) is 21.6 Å². The number of hydrogen-bond donors (Lipinski definition) is 1. The van der Waals surface area contributed by atoms with Crippen molar-refractivity contribution in [2.24, 2.45) is 0 Å². The number of amides is 1. The summed E-state index contributed by atoms with van der Waals surface area (Å²) in [5, 5.41) is 11.5. The normalized spacial score (nSPS) is 11.5. The SMILES string of the molecule is CS(=O)(=O)c1nnc(CCCNC(=O)Cc2cccs2)o1. The Balaban J connectivity index is 1.70. The monoisotopic (exact) mass is 329 g/mol. The van der Waals surface area contributed by atoms with Gasteiger partial charge >= 0.3 is 5.22 Å². The Morgan fingerprint density at radius 2 is 2.24 bits per heavy atom. The van der Waals surface area contributed by atoms with Crippen LogP contribution in [0, 0.1) is 0 Å². The maximum absolute atomic E-state index is 11.6. The first-order valence-electron chi connectivity index (χ1n) is 6.26. The Labute approximate surface area is 126 Å². The minimum atomic E-state index is -3.46. The third-order valence-electron chi connectivity index (χ3n) is 2.57. The van der Waals surface area contributed by atoms with Crippen molar-refractivity contribution in [1.29, 1.82) is 0 Å². The first-order valence-corrected chi connectivity index (χ1v) is 9.04. The molecule has 0 saturated carbocycles. The quantitative estimate of drug-likeness (QED) is 0.755. The second kappa shape index (κ2) is 6.81. The highest BCUT2D eigenvalue weighted by atomic mass is 32.2. The molecule has 0 aliphatic rings. The number of thiophene rings is 1. The Hall–Kier alpha value is -1.74. The van der Waals surface area contributed by atoms with E-state index in [0.717, 1.165) is 11.1 Å². The Kier molecular flexibility index (Phi) is 5.07. The van der Waals surface area contributed by atoms with E-state index in [1.165, 1.54) is 0 Å². The van der Waals surface area contributed by atoms with Gasteiger partial charge < -0.3 is 9.73 Å². The Morgan fingerprint density at radius 1 is 1.43 bits per heavy atom. The van der Waals surface area contributed by atoms with Crippen LogP contribution < -0.4 is 5.32 Å². The maximum Gasteiger partial charge on any atom is 0.335 e. The van der Waals surface area contributed by atoms with Crippen molar-refractivity contribution in [3.05, 3.63) is 28.3 Å². The van der Waals surface area contributed by atoms with Gasteiger partial charge in [0.25, 0.3) is 0 Å². The molecule has 114 valence electrons. The largest absolute Gasteiger partial charge is 0.413 e. The van der Waals surface area contributed by atoms with Crippen LogP contribution in [0.4, 0.5) is 0 Å². The summed E-state index contributed by atoms with van der Waals surface area (Å²) in [4.78, 5) is 12.6. The minimum absolute atomic E-state index is 0.0418. The van der Waals surface area contributed by atoms with Crippen molar-refractivity contribution in [1.82, 2.24) is 15.5 Å². The van der Waals surface area contributed by atoms with Gasteiger partial charge in [-0.1, -0.05) is 11.2 Å². The lowest BCUT2D eigenvalue weighted by atomic mass is 10.3. The lowest BCUT2D eigenvalue weighted by Gasteiger charge is -2.02. The maximum atomic E-state index is 11.6. The molecule has 0 aromatic carbocycles. The number of aryl methyl sites for hydroxylation is 1. The standard InChI is InChI=1S/C12H15N3O4S2/c1-21(17,18)12-15-14-11(19-12)5-2-6-13-10(16)8-9-4-3-7-20-9/h3-4,7H,2,5-6,8H2,1H3,(H,13,16). The smallest absolute Gasteiger partial charge is 0.335 e. The van der Waals surface area contributed by atoms with E-state index in [0.29, 0.717) is 25.8 Å². The first kappa shape index (κ1) is 15.6. The highest BCUT2D eigenvalue weighted by Gasteiger charge is 2.16. The molecule has 2 heterocycles. The molecule has 2 rings (SSSR count). The summed E-state index contributed by atoms with van der Waals surface area (Å²) >= 11 is 1.54. The van der Waals surface area contributed by atoms with Crippen molar-refractivity contribution in [3.63, 3.8) is 0 Å². The summed E-state index contributed by atoms with van der Waals surface area (Å²) < 4.78 is 27.3. The molecule has 7 nitrogen and oxygen atoms in total. The van der Waals surface area contributed by atoms with E-state index in [2.05, 4.69) is 15.5 Å². The molecule has 1 N–H and O–H groups in total. The number of rotatable bonds is 7. The molecule has 0 radical (unpaired) electrons. The molecule has 0 atom stereocenters. The van der Waals surface area contributed by atoms with E-state index in [1.807, 2.05) is 17.5 Å². The van der Waals surface area contributed by atoms with Crippen LogP contribution in [0.3, 0.4) is 0 Å². The van der Waals surface area contributed by atoms with E-state index in [4.69, 9.17) is 4.42 Å². The molecular formula is C12H15N3O4S2. The van der Waals surface area contributed by atoms with Gasteiger partial charge in [-0.2, -0.15) is 0 Å². The topological polar surface area (TPSA) is 102 Å². The zero-order valence-electron chi connectivity index (χ0n) is 11.4. The van der Waals surface area contributed by atoms with E-state index >= 15 is 0 Å². The number of hydrogen-bond acceptors (Lipinski definition) is 7. The second-order valence-electron chi connectivity index (χ2n) is 4.44. The summed E-state index contributed by atoms with van der Waals surface area (Å²) in [5.41, 5.74) is 0. The first-order chi connectivity index (χ1) is 9.95. The van der Waals surface area contributed by atoms with Gasteiger partial charge in [0.05, 0.1) is 6.42 Å². The molecule has 0 aliphatic carbocycles. The zero-order valence-corrected chi connectivity index (χ0v) is 13.0. The Bertz CT molecular complexity index is 692. The van der Waals surface area contributed by atoms with Crippen LogP contribution in [-0.4, -0.2) is 37.3 Å². The molecular weight excluding hydrogens is 314 g/mol. The molecule has 2 aromatic rings. The summed E-state index contributed by atoms with van der Waals surface area (Å²) in [7, 11) is -3.46. The predicted molar refractivity (Wildman–Crippen MR) is 76.8 cm³/mol. The molecule has 1 amide bonds. The van der Waals surface area contributed by atoms with Gasteiger partial charge in [-0.15, -0.1) is 16.4 Å². The molecule has 0 fully saturated rings. The van der Waals surface area contributed by atoms with E-state index in [9.17, 15) is 13.2 Å². The lowest BCUT2D eigenvalue weighted by Crippen LogP contribution is -2.26. The fourth-order valence-electron chi connectivity index (χ4n) is 1.59. The number of carbonyl (C=O) groups is 1. The predicted octanol–water partition coefficient (Wildman–Crippen LogP) is 0.826. The van der Waals surface area contributed by atoms with Crippen LogP contribution in [-0.2, 0) is 27.5 Å². The summed E-state index contributed by atoms with van der Waals surface area (Å²) in [5.74, 6) is 0.211. The van der Waals surface area contributed by atoms with Crippen molar-refractivity contribution >= 4 is 27.1 Å². The summed E-state index contributed by atoms with van der Waals surface area (Å²) in [6.45, 7) is 0.473. The van der Waals surface area contributed by atoms with Crippen molar-refractivity contribution < 1.29 is 17.6 Å². The van der Waals surface area contributed by atoms with E-state index in [-0.39, 0.29) is 17.0 Å². The fourth-order valence-corrected chi connectivity index (χ4v) is 2.73. The number of aromatic nitrogens is 2. The van der Waals surface area contributed by atoms with Crippen molar-refractivity contribution in [2.75, 3.05) is 12.8 Å². The van der Waals surface area contributed by atoms with Crippen LogP contribution in [0.1, 0.15) is 17.2 Å². The highest BCUT2D eigenvalue weighted by molar-refractivity contribution is 7.90. The number of nitrogens with zero attached hydrogens (tertiary/aromatic N) is 2. The average Bonchev–Trinajstić information content (AvgIpc) is 3.04. The molecule has 0 unspecified atom stereocenters. The molecule has 0 bridgehead atoms. The van der Waals surface area contributed by atoms with Gasteiger partial charge in [0.15, 0.2) is 0 Å². The van der Waals surface area contributed by atoms with Gasteiger partial charge in [-0.3, -0.25) is 4.79 Å². The zero-order chi connectivity index (χ0) is 15.3. The molecule has 21 heavy (non-hydrogen) atoms. The van der Waals surface area contributed by atoms with Crippen LogP contribution in [0.25, 0.3) is 0 Å². The average molecular weight is 329 g/mol. The highest BCUT2D eigenvalue weighted by Crippen LogP contribution is 2.09. The van der Waals surface area contributed by atoms with Gasteiger partial charge in [0, 0.05) is 24.1 Å².